The second kappa shape index (κ2) is 8.67. The van der Waals surface area contributed by atoms with E-state index in [0.717, 1.165) is 6.26 Å². The molecule has 33 heavy (non-hydrogen) atoms. The van der Waals surface area contributed by atoms with Crippen molar-refractivity contribution in [1.29, 1.82) is 5.41 Å². The van der Waals surface area contributed by atoms with Crippen LogP contribution in [0.5, 0.6) is 0 Å². The number of pyridine rings is 1. The average molecular weight is 461 g/mol. The van der Waals surface area contributed by atoms with Crippen molar-refractivity contribution in [3.8, 4) is 16.9 Å². The molecular weight excluding hydrogens is 440 g/mol. The third-order valence-electron chi connectivity index (χ3n) is 4.84. The Morgan fingerprint density at radius 3 is 2.48 bits per heavy atom. The number of nitrogens with one attached hydrogen (secondary N) is 2. The number of hydrogen-bond acceptors (Lipinski definition) is 6. The summed E-state index contributed by atoms with van der Waals surface area (Å²) in [5, 5.41) is 10.4. The Hall–Kier alpha value is -4.31. The van der Waals surface area contributed by atoms with Gasteiger partial charge < -0.3 is 11.1 Å². The van der Waals surface area contributed by atoms with Crippen molar-refractivity contribution in [1.82, 2.24) is 14.5 Å². The van der Waals surface area contributed by atoms with E-state index >= 15 is 0 Å². The molecule has 0 fully saturated rings. The molecule has 1 amide bonds. The maximum atomic E-state index is 13.0. The fourth-order valence-corrected chi connectivity index (χ4v) is 4.09. The summed E-state index contributed by atoms with van der Waals surface area (Å²) in [5.74, 6) is -0.436. The first-order valence-electron chi connectivity index (χ1n) is 9.79. The highest BCUT2D eigenvalue weighted by molar-refractivity contribution is 7.90. The lowest BCUT2D eigenvalue weighted by Crippen LogP contribution is -2.14. The summed E-state index contributed by atoms with van der Waals surface area (Å²) in [6.45, 7) is 0. The van der Waals surface area contributed by atoms with Gasteiger partial charge in [0.2, 0.25) is 15.0 Å². The van der Waals surface area contributed by atoms with Gasteiger partial charge in [0.1, 0.15) is 5.84 Å². The first-order valence-corrected chi connectivity index (χ1v) is 11.7. The number of carbonyl (C=O) groups excluding carboxylic acids is 1. The molecule has 4 N–H and O–H groups in total. The quantitative estimate of drug-likeness (QED) is 0.298. The molecule has 2 heterocycles. The number of nitrogen functional groups attached to an aromatic ring is 1. The van der Waals surface area contributed by atoms with Crippen LogP contribution in [0.15, 0.2) is 84.4 Å². The van der Waals surface area contributed by atoms with E-state index in [1.807, 2.05) is 0 Å². The maximum absolute atomic E-state index is 13.0. The highest BCUT2D eigenvalue weighted by atomic mass is 32.2. The molecule has 0 saturated carbocycles. The standard InChI is InChI=1S/C23H20N6O3S/c1-33(31,32)23-27-12-13-29(23)18-9-7-17(8-10-18)28-22(30)19-6-3-11-26-20(19)15-4-2-5-16(14-15)21(24)25/h2-14H,1H3,(H3,24,25)(H,28,30). The number of amidine groups is 1. The Balaban J connectivity index is 1.60. The number of imidazole rings is 1. The van der Waals surface area contributed by atoms with E-state index in [4.69, 9.17) is 11.1 Å². The SMILES string of the molecule is CS(=O)(=O)c1nccn1-c1ccc(NC(=O)c2cccnc2-c2cccc(C(=N)N)c2)cc1. The lowest BCUT2D eigenvalue weighted by atomic mass is 10.0. The number of nitrogens with two attached hydrogens (primary N) is 1. The van der Waals surface area contributed by atoms with Crippen LogP contribution in [-0.4, -0.2) is 41.0 Å². The lowest BCUT2D eigenvalue weighted by Gasteiger charge is -2.11. The van der Waals surface area contributed by atoms with Crippen molar-refractivity contribution < 1.29 is 13.2 Å². The molecule has 2 aromatic heterocycles. The summed E-state index contributed by atoms with van der Waals surface area (Å²) in [6.07, 6.45) is 5.65. The van der Waals surface area contributed by atoms with E-state index < -0.39 is 9.84 Å². The molecule has 0 bridgehead atoms. The predicted octanol–water partition coefficient (Wildman–Crippen LogP) is 2.87. The van der Waals surface area contributed by atoms with Gasteiger partial charge in [-0.25, -0.2) is 13.4 Å². The molecule has 0 aliphatic heterocycles. The molecule has 9 nitrogen and oxygen atoms in total. The van der Waals surface area contributed by atoms with E-state index in [-0.39, 0.29) is 16.9 Å². The number of nitrogens with zero attached hydrogens (tertiary/aromatic N) is 3. The molecular formula is C23H20N6O3S. The average Bonchev–Trinajstić information content (AvgIpc) is 3.30. The van der Waals surface area contributed by atoms with Crippen LogP contribution in [0.25, 0.3) is 16.9 Å². The van der Waals surface area contributed by atoms with Gasteiger partial charge in [-0.05, 0) is 42.5 Å². The van der Waals surface area contributed by atoms with Crippen molar-refractivity contribution in [2.75, 3.05) is 11.6 Å². The number of rotatable bonds is 6. The number of carbonyl (C=O) groups is 1. The number of benzene rings is 2. The summed E-state index contributed by atoms with van der Waals surface area (Å²) in [7, 11) is -3.49. The number of hydrogen-bond donors (Lipinski definition) is 3. The van der Waals surface area contributed by atoms with Gasteiger partial charge in [0.05, 0.1) is 11.3 Å². The van der Waals surface area contributed by atoms with Crippen LogP contribution < -0.4 is 11.1 Å². The minimum absolute atomic E-state index is 0.0629. The van der Waals surface area contributed by atoms with Crippen molar-refractivity contribution in [3.63, 3.8) is 0 Å². The van der Waals surface area contributed by atoms with Gasteiger partial charge in [0, 0.05) is 47.3 Å². The minimum Gasteiger partial charge on any atom is -0.384 e. The number of amides is 1. The predicted molar refractivity (Wildman–Crippen MR) is 125 cm³/mol. The third-order valence-corrected chi connectivity index (χ3v) is 5.81. The maximum Gasteiger partial charge on any atom is 0.257 e. The van der Waals surface area contributed by atoms with Crippen LogP contribution in [0.2, 0.25) is 0 Å². The molecule has 0 aliphatic carbocycles. The van der Waals surface area contributed by atoms with Gasteiger partial charge in [-0.2, -0.15) is 0 Å². The van der Waals surface area contributed by atoms with Crippen molar-refractivity contribution >= 4 is 27.3 Å². The van der Waals surface area contributed by atoms with Gasteiger partial charge in [-0.1, -0.05) is 18.2 Å². The highest BCUT2D eigenvalue weighted by Gasteiger charge is 2.17. The molecule has 2 aromatic carbocycles. The normalized spacial score (nSPS) is 11.2. The lowest BCUT2D eigenvalue weighted by molar-refractivity contribution is 0.102. The molecule has 0 spiro atoms. The zero-order chi connectivity index (χ0) is 23.6. The van der Waals surface area contributed by atoms with Crippen molar-refractivity contribution in [2.24, 2.45) is 5.73 Å². The second-order valence-corrected chi connectivity index (χ2v) is 9.16. The van der Waals surface area contributed by atoms with Crippen LogP contribution >= 0.6 is 0 Å². The van der Waals surface area contributed by atoms with E-state index in [0.29, 0.717) is 33.8 Å². The zero-order valence-electron chi connectivity index (χ0n) is 17.6. The van der Waals surface area contributed by atoms with Gasteiger partial charge in [-0.15, -0.1) is 0 Å². The number of sulfone groups is 1. The Morgan fingerprint density at radius 1 is 1.03 bits per heavy atom. The third kappa shape index (κ3) is 4.65. The van der Waals surface area contributed by atoms with E-state index in [1.54, 1.807) is 73.1 Å². The van der Waals surface area contributed by atoms with Crippen molar-refractivity contribution in [3.05, 3.63) is 90.4 Å². The molecule has 4 rings (SSSR count). The number of anilines is 1. The molecule has 0 saturated heterocycles. The largest absolute Gasteiger partial charge is 0.384 e. The van der Waals surface area contributed by atoms with Crippen LogP contribution in [0.3, 0.4) is 0 Å². The summed E-state index contributed by atoms with van der Waals surface area (Å²) in [5.41, 5.74) is 8.72. The summed E-state index contributed by atoms with van der Waals surface area (Å²) >= 11 is 0. The minimum atomic E-state index is -3.49. The van der Waals surface area contributed by atoms with Crippen molar-refractivity contribution in [2.45, 2.75) is 5.16 Å². The summed E-state index contributed by atoms with van der Waals surface area (Å²) in [4.78, 5) is 21.3. The number of aromatic nitrogens is 3. The molecule has 0 atom stereocenters. The topological polar surface area (TPSA) is 144 Å². The fourth-order valence-electron chi connectivity index (χ4n) is 3.32. The zero-order valence-corrected chi connectivity index (χ0v) is 18.4. The van der Waals surface area contributed by atoms with Crippen LogP contribution in [0.4, 0.5) is 5.69 Å². The Bertz CT molecular complexity index is 1460. The van der Waals surface area contributed by atoms with E-state index in [2.05, 4.69) is 15.3 Å². The first kappa shape index (κ1) is 21.9. The molecule has 0 aliphatic rings. The fraction of sp³-hybridized carbons (Fsp3) is 0.0435. The molecule has 166 valence electrons. The van der Waals surface area contributed by atoms with Gasteiger partial charge in [0.25, 0.3) is 5.91 Å². The molecule has 0 radical (unpaired) electrons. The molecule has 10 heteroatoms. The van der Waals surface area contributed by atoms with Gasteiger partial charge in [-0.3, -0.25) is 19.8 Å². The first-order chi connectivity index (χ1) is 15.7. The Morgan fingerprint density at radius 2 is 1.79 bits per heavy atom. The molecule has 4 aromatic rings. The summed E-state index contributed by atoms with van der Waals surface area (Å²) < 4.78 is 25.3. The monoisotopic (exact) mass is 460 g/mol. The smallest absolute Gasteiger partial charge is 0.257 e. The Kier molecular flexibility index (Phi) is 5.76. The van der Waals surface area contributed by atoms with Gasteiger partial charge in [0.15, 0.2) is 0 Å². The summed E-state index contributed by atoms with van der Waals surface area (Å²) in [6, 6.07) is 17.0. The highest BCUT2D eigenvalue weighted by Crippen LogP contribution is 2.24. The molecule has 0 unspecified atom stereocenters. The van der Waals surface area contributed by atoms with Crippen LogP contribution in [0, 0.1) is 5.41 Å². The van der Waals surface area contributed by atoms with Gasteiger partial charge >= 0.3 is 0 Å². The second-order valence-electron chi connectivity index (χ2n) is 7.25. The van der Waals surface area contributed by atoms with E-state index in [9.17, 15) is 13.2 Å². The van der Waals surface area contributed by atoms with Crippen LogP contribution in [0.1, 0.15) is 15.9 Å². The van der Waals surface area contributed by atoms with Crippen LogP contribution in [-0.2, 0) is 9.84 Å². The Labute approximate surface area is 190 Å². The van der Waals surface area contributed by atoms with E-state index in [1.165, 1.54) is 10.8 Å².